The number of thioether (sulfide) groups is 1. The van der Waals surface area contributed by atoms with E-state index in [1.165, 1.54) is 16.7 Å². The highest BCUT2D eigenvalue weighted by Gasteiger charge is 2.33. The van der Waals surface area contributed by atoms with Crippen molar-refractivity contribution in [1.29, 1.82) is 0 Å². The summed E-state index contributed by atoms with van der Waals surface area (Å²) in [6, 6.07) is 14.9. The minimum Gasteiger partial charge on any atom is -0.268 e. The van der Waals surface area contributed by atoms with Gasteiger partial charge in [-0.2, -0.15) is 0 Å². The van der Waals surface area contributed by atoms with Crippen LogP contribution in [-0.2, 0) is 4.79 Å². The Hall–Kier alpha value is -1.59. The Kier molecular flexibility index (Phi) is 5.64. The van der Waals surface area contributed by atoms with E-state index in [0.29, 0.717) is 25.0 Å². The average molecular weight is 406 g/mol. The predicted octanol–water partition coefficient (Wildman–Crippen LogP) is 6.35. The lowest BCUT2D eigenvalue weighted by molar-refractivity contribution is -0.113. The molecule has 3 rings (SSSR count). The van der Waals surface area contributed by atoms with E-state index in [4.69, 9.17) is 35.4 Å². The Bertz CT molecular complexity index is 887. The normalized spacial score (nSPS) is 16.8. The van der Waals surface area contributed by atoms with Crippen LogP contribution >= 0.6 is 47.2 Å². The molecule has 0 atom stereocenters. The van der Waals surface area contributed by atoms with E-state index in [9.17, 15) is 4.79 Å². The number of hydrogen-bond acceptors (Lipinski definition) is 3. The summed E-state index contributed by atoms with van der Waals surface area (Å²) in [4.78, 5) is 14.8. The number of benzene rings is 2. The molecule has 0 aliphatic carbocycles. The number of allylic oxidation sites excluding steroid dienone is 2. The fraction of sp³-hybridized carbons (Fsp3) is 0.0526. The Labute approximate surface area is 166 Å². The topological polar surface area (TPSA) is 20.3 Å². The van der Waals surface area contributed by atoms with Gasteiger partial charge in [0.1, 0.15) is 0 Å². The SMILES string of the molecule is CC(=Cc1ccccc1)/C=C1\SC(=S)N(c2cc(Cl)cc(Cl)c2)C1=O. The molecule has 1 aliphatic rings. The van der Waals surface area contributed by atoms with E-state index in [1.807, 2.05) is 49.4 Å². The van der Waals surface area contributed by atoms with Gasteiger partial charge in [-0.25, -0.2) is 0 Å². The first-order valence-electron chi connectivity index (χ1n) is 7.41. The molecular weight excluding hydrogens is 393 g/mol. The molecule has 2 aromatic rings. The summed E-state index contributed by atoms with van der Waals surface area (Å²) in [5.74, 6) is -0.172. The van der Waals surface area contributed by atoms with Gasteiger partial charge in [0, 0.05) is 10.0 Å². The Morgan fingerprint density at radius 1 is 1.12 bits per heavy atom. The highest BCUT2D eigenvalue weighted by atomic mass is 35.5. The second-order valence-corrected chi connectivity index (χ2v) is 7.99. The molecule has 0 radical (unpaired) electrons. The molecule has 0 bridgehead atoms. The third-order valence-corrected chi connectivity index (χ3v) is 5.19. The summed E-state index contributed by atoms with van der Waals surface area (Å²) < 4.78 is 0.460. The van der Waals surface area contributed by atoms with Gasteiger partial charge in [-0.05, 0) is 42.3 Å². The minimum atomic E-state index is -0.172. The number of amides is 1. The molecule has 0 N–H and O–H groups in total. The molecule has 0 saturated carbocycles. The largest absolute Gasteiger partial charge is 0.270 e. The Morgan fingerprint density at radius 3 is 2.40 bits per heavy atom. The van der Waals surface area contributed by atoms with Crippen LogP contribution in [0.15, 0.2) is 65.1 Å². The van der Waals surface area contributed by atoms with Crippen LogP contribution in [0.4, 0.5) is 5.69 Å². The van der Waals surface area contributed by atoms with Crippen LogP contribution in [0.5, 0.6) is 0 Å². The second kappa shape index (κ2) is 7.75. The lowest BCUT2D eigenvalue weighted by Crippen LogP contribution is -2.27. The third-order valence-electron chi connectivity index (χ3n) is 3.45. The van der Waals surface area contributed by atoms with Gasteiger partial charge < -0.3 is 0 Å². The Balaban J connectivity index is 1.89. The molecule has 2 nitrogen and oxygen atoms in total. The highest BCUT2D eigenvalue weighted by Crippen LogP contribution is 2.37. The molecule has 0 spiro atoms. The van der Waals surface area contributed by atoms with Crippen molar-refractivity contribution < 1.29 is 4.79 Å². The summed E-state index contributed by atoms with van der Waals surface area (Å²) in [6.45, 7) is 1.95. The van der Waals surface area contributed by atoms with Gasteiger partial charge >= 0.3 is 0 Å². The molecule has 1 aliphatic heterocycles. The number of rotatable bonds is 3. The van der Waals surface area contributed by atoms with E-state index in [2.05, 4.69) is 0 Å². The lowest BCUT2D eigenvalue weighted by atomic mass is 10.1. The van der Waals surface area contributed by atoms with Crippen molar-refractivity contribution in [3.8, 4) is 0 Å². The minimum absolute atomic E-state index is 0.172. The van der Waals surface area contributed by atoms with Gasteiger partial charge in [-0.1, -0.05) is 83.6 Å². The first-order valence-corrected chi connectivity index (χ1v) is 9.39. The van der Waals surface area contributed by atoms with E-state index >= 15 is 0 Å². The maximum atomic E-state index is 12.8. The molecule has 1 fully saturated rings. The van der Waals surface area contributed by atoms with Crippen LogP contribution in [0.1, 0.15) is 12.5 Å². The van der Waals surface area contributed by atoms with Crippen molar-refractivity contribution in [2.45, 2.75) is 6.92 Å². The van der Waals surface area contributed by atoms with Crippen LogP contribution in [0.3, 0.4) is 0 Å². The van der Waals surface area contributed by atoms with Gasteiger partial charge in [-0.15, -0.1) is 0 Å². The molecule has 1 saturated heterocycles. The summed E-state index contributed by atoms with van der Waals surface area (Å²) in [6.07, 6.45) is 3.86. The average Bonchev–Trinajstić information content (AvgIpc) is 2.81. The van der Waals surface area contributed by atoms with Gasteiger partial charge in [0.15, 0.2) is 4.32 Å². The van der Waals surface area contributed by atoms with E-state index in [-0.39, 0.29) is 5.91 Å². The third kappa shape index (κ3) is 4.33. The van der Waals surface area contributed by atoms with Gasteiger partial charge in [0.2, 0.25) is 0 Å². The first-order chi connectivity index (χ1) is 11.9. The maximum Gasteiger partial charge on any atom is 0.270 e. The summed E-state index contributed by atoms with van der Waals surface area (Å²) in [5, 5.41) is 0.918. The zero-order valence-electron chi connectivity index (χ0n) is 13.2. The fourth-order valence-electron chi connectivity index (χ4n) is 2.42. The molecule has 0 aromatic heterocycles. The fourth-order valence-corrected chi connectivity index (χ4v) is 4.28. The smallest absolute Gasteiger partial charge is 0.268 e. The van der Waals surface area contributed by atoms with Gasteiger partial charge in [-0.3, -0.25) is 9.69 Å². The Morgan fingerprint density at radius 2 is 1.76 bits per heavy atom. The monoisotopic (exact) mass is 405 g/mol. The van der Waals surface area contributed by atoms with Crippen molar-refractivity contribution in [3.05, 3.63) is 80.7 Å². The summed E-state index contributed by atoms with van der Waals surface area (Å²) >= 11 is 18.7. The molecule has 2 aromatic carbocycles. The van der Waals surface area contributed by atoms with Crippen LogP contribution in [0.25, 0.3) is 6.08 Å². The second-order valence-electron chi connectivity index (χ2n) is 5.44. The van der Waals surface area contributed by atoms with Crippen molar-refractivity contribution in [1.82, 2.24) is 0 Å². The standard InChI is InChI=1S/C19H13Cl2NOS2/c1-12(7-13-5-3-2-4-6-13)8-17-18(23)22(19(24)25-17)16-10-14(20)9-15(21)11-16/h2-11H,1H3/b12-7?,17-8-. The van der Waals surface area contributed by atoms with Crippen molar-refractivity contribution >= 4 is 69.2 Å². The number of halogens is 2. The molecule has 1 heterocycles. The van der Waals surface area contributed by atoms with Crippen molar-refractivity contribution in [2.75, 3.05) is 4.90 Å². The van der Waals surface area contributed by atoms with E-state index < -0.39 is 0 Å². The molecule has 126 valence electrons. The van der Waals surface area contributed by atoms with Crippen molar-refractivity contribution in [3.63, 3.8) is 0 Å². The first kappa shape index (κ1) is 18.2. The van der Waals surface area contributed by atoms with Gasteiger partial charge in [0.05, 0.1) is 10.6 Å². The molecule has 1 amide bonds. The number of anilines is 1. The molecular formula is C19H13Cl2NOS2. The van der Waals surface area contributed by atoms with Crippen LogP contribution < -0.4 is 4.90 Å². The zero-order chi connectivity index (χ0) is 18.0. The zero-order valence-corrected chi connectivity index (χ0v) is 16.3. The highest BCUT2D eigenvalue weighted by molar-refractivity contribution is 8.27. The summed E-state index contributed by atoms with van der Waals surface area (Å²) in [7, 11) is 0. The predicted molar refractivity (Wildman–Crippen MR) is 112 cm³/mol. The molecule has 0 unspecified atom stereocenters. The number of carbonyl (C=O) groups is 1. The maximum absolute atomic E-state index is 12.8. The van der Waals surface area contributed by atoms with Gasteiger partial charge in [0.25, 0.3) is 5.91 Å². The van der Waals surface area contributed by atoms with E-state index in [1.54, 1.807) is 18.2 Å². The van der Waals surface area contributed by atoms with Crippen LogP contribution in [0, 0.1) is 0 Å². The number of nitrogens with zero attached hydrogens (tertiary/aromatic N) is 1. The van der Waals surface area contributed by atoms with Crippen LogP contribution in [-0.4, -0.2) is 10.2 Å². The number of carbonyl (C=O) groups excluding carboxylic acids is 1. The van der Waals surface area contributed by atoms with Crippen LogP contribution in [0.2, 0.25) is 10.0 Å². The number of hydrogen-bond donors (Lipinski definition) is 0. The quantitative estimate of drug-likeness (QED) is 0.438. The molecule has 25 heavy (non-hydrogen) atoms. The van der Waals surface area contributed by atoms with E-state index in [0.717, 1.165) is 11.1 Å². The summed E-state index contributed by atoms with van der Waals surface area (Å²) in [5.41, 5.74) is 2.62. The lowest BCUT2D eigenvalue weighted by Gasteiger charge is -2.15. The van der Waals surface area contributed by atoms with Crippen molar-refractivity contribution in [2.24, 2.45) is 0 Å². The molecule has 6 heteroatoms. The number of thiocarbonyl (C=S) groups is 1.